The Kier molecular flexibility index (Phi) is 4.57. The first-order valence-corrected chi connectivity index (χ1v) is 5.45. The predicted molar refractivity (Wildman–Crippen MR) is 65.9 cm³/mol. The number of benzene rings is 1. The maximum atomic E-state index is 11.2. The molecule has 0 heterocycles. The van der Waals surface area contributed by atoms with Crippen molar-refractivity contribution in [2.45, 2.75) is 19.8 Å². The third kappa shape index (κ3) is 4.18. The number of carbonyl (C=O) groups is 1. The third-order valence-electron chi connectivity index (χ3n) is 2.36. The van der Waals surface area contributed by atoms with E-state index in [2.05, 4.69) is 11.9 Å². The van der Waals surface area contributed by atoms with E-state index >= 15 is 0 Å². The summed E-state index contributed by atoms with van der Waals surface area (Å²) >= 11 is 0. The molecule has 0 aliphatic heterocycles. The van der Waals surface area contributed by atoms with Crippen molar-refractivity contribution in [1.29, 1.82) is 0 Å². The highest BCUT2D eigenvalue weighted by Crippen LogP contribution is 2.25. The summed E-state index contributed by atoms with van der Waals surface area (Å²) in [6.07, 6.45) is 1.49. The van der Waals surface area contributed by atoms with Crippen molar-refractivity contribution >= 4 is 5.91 Å². The number of aryl methyl sites for hydroxylation is 1. The van der Waals surface area contributed by atoms with Gasteiger partial charge in [0.1, 0.15) is 0 Å². The first-order valence-electron chi connectivity index (χ1n) is 5.45. The molecule has 0 unspecified atom stereocenters. The molecule has 0 atom stereocenters. The minimum Gasteiger partial charge on any atom is -0.504 e. The predicted octanol–water partition coefficient (Wildman–Crippen LogP) is 1.72. The zero-order valence-corrected chi connectivity index (χ0v) is 9.86. The van der Waals surface area contributed by atoms with Crippen LogP contribution < -0.4 is 5.32 Å². The van der Waals surface area contributed by atoms with Crippen LogP contribution in [0.5, 0.6) is 11.5 Å². The average Bonchev–Trinajstić information content (AvgIpc) is 2.28. The summed E-state index contributed by atoms with van der Waals surface area (Å²) in [7, 11) is 0. The maximum Gasteiger partial charge on any atom is 0.246 e. The van der Waals surface area contributed by atoms with Gasteiger partial charge in [0, 0.05) is 12.1 Å². The van der Waals surface area contributed by atoms with Crippen LogP contribution in [0.25, 0.3) is 0 Å². The molecule has 92 valence electrons. The quantitative estimate of drug-likeness (QED) is 0.413. The molecule has 1 aromatic rings. The summed E-state index contributed by atoms with van der Waals surface area (Å²) in [5.74, 6) is -0.378. The molecule has 0 saturated heterocycles. The first kappa shape index (κ1) is 13.1. The zero-order valence-electron chi connectivity index (χ0n) is 9.86. The van der Waals surface area contributed by atoms with Crippen molar-refractivity contribution < 1.29 is 15.0 Å². The SMILES string of the molecule is C=C(C)C(=O)NCCCc1ccc(O)c(O)c1. The minimum absolute atomic E-state index is 0.117. The molecule has 0 saturated carbocycles. The van der Waals surface area contributed by atoms with Gasteiger partial charge < -0.3 is 15.5 Å². The molecule has 0 aliphatic rings. The number of hydrogen-bond acceptors (Lipinski definition) is 3. The molecule has 3 N–H and O–H groups in total. The van der Waals surface area contributed by atoms with E-state index in [9.17, 15) is 9.90 Å². The third-order valence-corrected chi connectivity index (χ3v) is 2.36. The van der Waals surface area contributed by atoms with E-state index in [1.54, 1.807) is 13.0 Å². The van der Waals surface area contributed by atoms with E-state index in [1.165, 1.54) is 12.1 Å². The highest BCUT2D eigenvalue weighted by molar-refractivity contribution is 5.91. The average molecular weight is 235 g/mol. The lowest BCUT2D eigenvalue weighted by Gasteiger charge is -2.05. The Morgan fingerprint density at radius 2 is 2.06 bits per heavy atom. The summed E-state index contributed by atoms with van der Waals surface area (Å²) in [5.41, 5.74) is 1.41. The molecular weight excluding hydrogens is 218 g/mol. The van der Waals surface area contributed by atoms with Gasteiger partial charge in [0.2, 0.25) is 5.91 Å². The highest BCUT2D eigenvalue weighted by atomic mass is 16.3. The van der Waals surface area contributed by atoms with Crippen molar-refractivity contribution in [3.8, 4) is 11.5 Å². The summed E-state index contributed by atoms with van der Waals surface area (Å²) in [4.78, 5) is 11.2. The summed E-state index contributed by atoms with van der Waals surface area (Å²) in [6.45, 7) is 5.76. The minimum atomic E-state index is -0.140. The Balaban J connectivity index is 2.34. The fourth-order valence-corrected chi connectivity index (χ4v) is 1.37. The molecule has 4 nitrogen and oxygen atoms in total. The Hall–Kier alpha value is -1.97. The van der Waals surface area contributed by atoms with Crippen LogP contribution in [0.1, 0.15) is 18.9 Å². The molecule has 1 amide bonds. The van der Waals surface area contributed by atoms with Gasteiger partial charge in [0.25, 0.3) is 0 Å². The summed E-state index contributed by atoms with van der Waals surface area (Å²) in [6, 6.07) is 4.72. The van der Waals surface area contributed by atoms with Crippen molar-refractivity contribution in [1.82, 2.24) is 5.32 Å². The zero-order chi connectivity index (χ0) is 12.8. The second-order valence-electron chi connectivity index (χ2n) is 3.96. The van der Waals surface area contributed by atoms with Gasteiger partial charge in [0.15, 0.2) is 11.5 Å². The number of phenols is 2. The van der Waals surface area contributed by atoms with E-state index in [1.807, 2.05) is 0 Å². The van der Waals surface area contributed by atoms with Crippen LogP contribution in [0.3, 0.4) is 0 Å². The summed E-state index contributed by atoms with van der Waals surface area (Å²) < 4.78 is 0. The second kappa shape index (κ2) is 5.94. The maximum absolute atomic E-state index is 11.2. The molecule has 17 heavy (non-hydrogen) atoms. The number of amides is 1. The number of rotatable bonds is 5. The van der Waals surface area contributed by atoms with Gasteiger partial charge in [-0.05, 0) is 37.5 Å². The molecule has 0 fully saturated rings. The largest absolute Gasteiger partial charge is 0.504 e. The van der Waals surface area contributed by atoms with E-state index < -0.39 is 0 Å². The van der Waals surface area contributed by atoms with Gasteiger partial charge in [-0.1, -0.05) is 12.6 Å². The van der Waals surface area contributed by atoms with Crippen LogP contribution in [0.4, 0.5) is 0 Å². The fraction of sp³-hybridized carbons (Fsp3) is 0.308. The van der Waals surface area contributed by atoms with Crippen LogP contribution in [0.15, 0.2) is 30.4 Å². The molecule has 0 spiro atoms. The lowest BCUT2D eigenvalue weighted by atomic mass is 10.1. The molecular formula is C13H17NO3. The smallest absolute Gasteiger partial charge is 0.246 e. The van der Waals surface area contributed by atoms with Crippen LogP contribution in [-0.2, 0) is 11.2 Å². The highest BCUT2D eigenvalue weighted by Gasteiger charge is 2.02. The van der Waals surface area contributed by atoms with Crippen LogP contribution in [0, 0.1) is 0 Å². The number of nitrogens with one attached hydrogen (secondary N) is 1. The van der Waals surface area contributed by atoms with Gasteiger partial charge in [-0.2, -0.15) is 0 Å². The van der Waals surface area contributed by atoms with Gasteiger partial charge in [-0.15, -0.1) is 0 Å². The Morgan fingerprint density at radius 3 is 2.65 bits per heavy atom. The van der Waals surface area contributed by atoms with E-state index in [0.29, 0.717) is 12.1 Å². The Morgan fingerprint density at radius 1 is 1.35 bits per heavy atom. The van der Waals surface area contributed by atoms with E-state index in [4.69, 9.17) is 5.11 Å². The Labute approximate surface area is 101 Å². The monoisotopic (exact) mass is 235 g/mol. The van der Waals surface area contributed by atoms with E-state index in [-0.39, 0.29) is 17.4 Å². The van der Waals surface area contributed by atoms with Crippen LogP contribution in [0.2, 0.25) is 0 Å². The van der Waals surface area contributed by atoms with E-state index in [0.717, 1.165) is 18.4 Å². The van der Waals surface area contributed by atoms with Crippen molar-refractivity contribution in [2.75, 3.05) is 6.54 Å². The van der Waals surface area contributed by atoms with Crippen molar-refractivity contribution in [3.05, 3.63) is 35.9 Å². The molecule has 1 rings (SSSR count). The lowest BCUT2D eigenvalue weighted by Crippen LogP contribution is -2.24. The molecule has 4 heteroatoms. The van der Waals surface area contributed by atoms with Crippen LogP contribution >= 0.6 is 0 Å². The normalized spacial score (nSPS) is 9.94. The van der Waals surface area contributed by atoms with Crippen molar-refractivity contribution in [2.24, 2.45) is 0 Å². The molecule has 0 aliphatic carbocycles. The fourth-order valence-electron chi connectivity index (χ4n) is 1.37. The standard InChI is InChI=1S/C13H17NO3/c1-9(2)13(17)14-7-3-4-10-5-6-11(15)12(16)8-10/h5-6,8,15-16H,1,3-4,7H2,2H3,(H,14,17). The van der Waals surface area contributed by atoms with Gasteiger partial charge in [-0.25, -0.2) is 0 Å². The van der Waals surface area contributed by atoms with Gasteiger partial charge >= 0.3 is 0 Å². The second-order valence-corrected chi connectivity index (χ2v) is 3.96. The molecule has 0 bridgehead atoms. The number of carbonyl (C=O) groups excluding carboxylic acids is 1. The summed E-state index contributed by atoms with van der Waals surface area (Å²) in [5, 5.41) is 21.1. The Bertz CT molecular complexity index is 427. The first-order chi connectivity index (χ1) is 8.00. The van der Waals surface area contributed by atoms with Crippen LogP contribution in [-0.4, -0.2) is 22.7 Å². The molecule has 0 radical (unpaired) electrons. The van der Waals surface area contributed by atoms with Crippen molar-refractivity contribution in [3.63, 3.8) is 0 Å². The number of hydrogen-bond donors (Lipinski definition) is 3. The number of aromatic hydroxyl groups is 2. The van der Waals surface area contributed by atoms with Gasteiger partial charge in [-0.3, -0.25) is 4.79 Å². The molecule has 0 aromatic heterocycles. The topological polar surface area (TPSA) is 69.6 Å². The van der Waals surface area contributed by atoms with Gasteiger partial charge in [0.05, 0.1) is 0 Å². The number of phenolic OH excluding ortho intramolecular Hbond substituents is 2. The lowest BCUT2D eigenvalue weighted by molar-refractivity contribution is -0.117. The molecule has 1 aromatic carbocycles.